The molecule has 1 N–H and O–H groups in total. The van der Waals surface area contributed by atoms with Gasteiger partial charge in [0.25, 0.3) is 5.91 Å². The maximum absolute atomic E-state index is 12.8. The number of nitrogens with one attached hydrogen (secondary N) is 1. The van der Waals surface area contributed by atoms with Gasteiger partial charge in [0, 0.05) is 19.1 Å². The minimum absolute atomic E-state index is 0.00138. The third-order valence-electron chi connectivity index (χ3n) is 5.90. The van der Waals surface area contributed by atoms with Crippen LogP contribution in [0.25, 0.3) is 0 Å². The zero-order valence-corrected chi connectivity index (χ0v) is 19.5. The van der Waals surface area contributed by atoms with Crippen molar-refractivity contribution in [2.24, 2.45) is 0 Å². The summed E-state index contributed by atoms with van der Waals surface area (Å²) in [4.78, 5) is 27.0. The van der Waals surface area contributed by atoms with Crippen LogP contribution in [0.1, 0.15) is 50.7 Å². The van der Waals surface area contributed by atoms with Gasteiger partial charge < -0.3 is 19.7 Å². The highest BCUT2D eigenvalue weighted by Gasteiger charge is 2.27. The summed E-state index contributed by atoms with van der Waals surface area (Å²) in [7, 11) is 1.62. The first-order chi connectivity index (χ1) is 15.4. The first-order valence-corrected chi connectivity index (χ1v) is 11.3. The Labute approximate surface area is 190 Å². The lowest BCUT2D eigenvalue weighted by molar-refractivity contribution is -0.139. The number of amides is 2. The van der Waals surface area contributed by atoms with Crippen LogP contribution in [-0.2, 0) is 16.0 Å². The standard InChI is InChI=1S/C26H34N2O4/c1-18(2)21-7-11-24(12-8-21)32-19(3)26(30)28-15-13-22(14-16-28)27-25(29)17-20-5-9-23(31-4)10-6-20/h5-12,18-19,22H,13-17H2,1-4H3,(H,27,29). The number of nitrogens with zero attached hydrogens (tertiary/aromatic N) is 1. The van der Waals surface area contributed by atoms with Crippen LogP contribution in [0, 0.1) is 0 Å². The molecule has 1 aliphatic rings. The van der Waals surface area contributed by atoms with Crippen LogP contribution in [0.5, 0.6) is 11.5 Å². The summed E-state index contributed by atoms with van der Waals surface area (Å²) in [6.07, 6.45) is 1.29. The summed E-state index contributed by atoms with van der Waals surface area (Å²) in [5.41, 5.74) is 2.19. The molecule has 1 aliphatic heterocycles. The summed E-state index contributed by atoms with van der Waals surface area (Å²) in [6.45, 7) is 7.32. The van der Waals surface area contributed by atoms with E-state index in [0.717, 1.165) is 24.2 Å². The Kier molecular flexibility index (Phi) is 8.14. The predicted molar refractivity (Wildman–Crippen MR) is 125 cm³/mol. The topological polar surface area (TPSA) is 67.9 Å². The molecule has 0 aromatic heterocycles. The highest BCUT2D eigenvalue weighted by atomic mass is 16.5. The van der Waals surface area contributed by atoms with E-state index in [2.05, 4.69) is 19.2 Å². The zero-order valence-electron chi connectivity index (χ0n) is 19.5. The van der Waals surface area contributed by atoms with Gasteiger partial charge in [0.1, 0.15) is 11.5 Å². The first-order valence-electron chi connectivity index (χ1n) is 11.3. The van der Waals surface area contributed by atoms with E-state index in [1.807, 2.05) is 53.4 Å². The molecular formula is C26H34N2O4. The molecule has 1 saturated heterocycles. The van der Waals surface area contributed by atoms with Gasteiger partial charge >= 0.3 is 0 Å². The van der Waals surface area contributed by atoms with E-state index in [9.17, 15) is 9.59 Å². The van der Waals surface area contributed by atoms with Gasteiger partial charge in [0.05, 0.1) is 13.5 Å². The molecule has 172 valence electrons. The van der Waals surface area contributed by atoms with Crippen molar-refractivity contribution in [3.63, 3.8) is 0 Å². The molecule has 32 heavy (non-hydrogen) atoms. The smallest absolute Gasteiger partial charge is 0.263 e. The second-order valence-electron chi connectivity index (χ2n) is 8.68. The van der Waals surface area contributed by atoms with Gasteiger partial charge in [-0.1, -0.05) is 38.1 Å². The highest BCUT2D eigenvalue weighted by Crippen LogP contribution is 2.20. The molecule has 0 bridgehead atoms. The number of piperidine rings is 1. The number of benzene rings is 2. The quantitative estimate of drug-likeness (QED) is 0.678. The summed E-state index contributed by atoms with van der Waals surface area (Å²) in [6, 6.07) is 15.5. The summed E-state index contributed by atoms with van der Waals surface area (Å²) in [5, 5.41) is 3.10. The van der Waals surface area contributed by atoms with Crippen molar-refractivity contribution >= 4 is 11.8 Å². The van der Waals surface area contributed by atoms with Crippen molar-refractivity contribution in [3.05, 3.63) is 59.7 Å². The molecule has 1 unspecified atom stereocenters. The van der Waals surface area contributed by atoms with Crippen LogP contribution in [0.15, 0.2) is 48.5 Å². The summed E-state index contributed by atoms with van der Waals surface area (Å²) in [5.74, 6) is 1.93. The number of carbonyl (C=O) groups is 2. The normalized spacial score (nSPS) is 15.3. The monoisotopic (exact) mass is 438 g/mol. The van der Waals surface area contributed by atoms with Crippen molar-refractivity contribution in [3.8, 4) is 11.5 Å². The zero-order chi connectivity index (χ0) is 23.1. The van der Waals surface area contributed by atoms with E-state index in [0.29, 0.717) is 31.2 Å². The molecule has 0 aliphatic carbocycles. The Bertz CT molecular complexity index is 885. The Morgan fingerprint density at radius 3 is 2.12 bits per heavy atom. The van der Waals surface area contributed by atoms with Crippen molar-refractivity contribution in [2.45, 2.75) is 58.1 Å². The van der Waals surface area contributed by atoms with Crippen LogP contribution in [-0.4, -0.2) is 49.1 Å². The summed E-state index contributed by atoms with van der Waals surface area (Å²) < 4.78 is 11.0. The molecule has 2 aromatic rings. The van der Waals surface area contributed by atoms with Crippen LogP contribution in [0.2, 0.25) is 0 Å². The van der Waals surface area contributed by atoms with E-state index < -0.39 is 6.10 Å². The Morgan fingerprint density at radius 2 is 1.56 bits per heavy atom. The number of carbonyl (C=O) groups excluding carboxylic acids is 2. The summed E-state index contributed by atoms with van der Waals surface area (Å²) >= 11 is 0. The van der Waals surface area contributed by atoms with E-state index in [4.69, 9.17) is 9.47 Å². The van der Waals surface area contributed by atoms with Gasteiger partial charge in [-0.05, 0) is 61.1 Å². The minimum Gasteiger partial charge on any atom is -0.497 e. The lowest BCUT2D eigenvalue weighted by Gasteiger charge is -2.34. The number of methoxy groups -OCH3 is 1. The Morgan fingerprint density at radius 1 is 0.969 bits per heavy atom. The molecule has 1 atom stereocenters. The van der Waals surface area contributed by atoms with Gasteiger partial charge in [-0.15, -0.1) is 0 Å². The largest absolute Gasteiger partial charge is 0.497 e. The minimum atomic E-state index is -0.541. The third kappa shape index (κ3) is 6.49. The molecular weight excluding hydrogens is 404 g/mol. The second kappa shape index (κ2) is 11.0. The number of hydrogen-bond donors (Lipinski definition) is 1. The number of ether oxygens (including phenoxy) is 2. The molecule has 2 amide bonds. The molecule has 1 fully saturated rings. The fourth-order valence-corrected chi connectivity index (χ4v) is 3.89. The molecule has 6 nitrogen and oxygen atoms in total. The SMILES string of the molecule is COc1ccc(CC(=O)NC2CCN(C(=O)C(C)Oc3ccc(C(C)C)cc3)CC2)cc1. The van der Waals surface area contributed by atoms with Crippen LogP contribution >= 0.6 is 0 Å². The van der Waals surface area contributed by atoms with Gasteiger partial charge in [-0.2, -0.15) is 0 Å². The predicted octanol–water partition coefficient (Wildman–Crippen LogP) is 3.94. The maximum atomic E-state index is 12.8. The fraction of sp³-hybridized carbons (Fsp3) is 0.462. The number of rotatable bonds is 8. The fourth-order valence-electron chi connectivity index (χ4n) is 3.89. The van der Waals surface area contributed by atoms with Crippen LogP contribution in [0.3, 0.4) is 0 Å². The second-order valence-corrected chi connectivity index (χ2v) is 8.68. The maximum Gasteiger partial charge on any atom is 0.263 e. The third-order valence-corrected chi connectivity index (χ3v) is 5.90. The molecule has 0 saturated carbocycles. The van der Waals surface area contributed by atoms with E-state index >= 15 is 0 Å². The molecule has 0 radical (unpaired) electrons. The van der Waals surface area contributed by atoms with Gasteiger partial charge in [0.15, 0.2) is 6.10 Å². The van der Waals surface area contributed by atoms with Crippen LogP contribution in [0.4, 0.5) is 0 Å². The van der Waals surface area contributed by atoms with Gasteiger partial charge in [0.2, 0.25) is 5.91 Å². The van der Waals surface area contributed by atoms with Gasteiger partial charge in [-0.3, -0.25) is 9.59 Å². The first kappa shape index (κ1) is 23.6. The van der Waals surface area contributed by atoms with Crippen molar-refractivity contribution in [1.29, 1.82) is 0 Å². The molecule has 2 aromatic carbocycles. The number of likely N-dealkylation sites (tertiary alicyclic amines) is 1. The van der Waals surface area contributed by atoms with E-state index in [1.54, 1.807) is 14.0 Å². The van der Waals surface area contributed by atoms with Crippen molar-refractivity contribution in [2.75, 3.05) is 20.2 Å². The van der Waals surface area contributed by atoms with E-state index in [1.165, 1.54) is 5.56 Å². The lowest BCUT2D eigenvalue weighted by atomic mass is 10.0. The average molecular weight is 439 g/mol. The highest BCUT2D eigenvalue weighted by molar-refractivity contribution is 5.81. The number of hydrogen-bond acceptors (Lipinski definition) is 4. The lowest BCUT2D eigenvalue weighted by Crippen LogP contribution is -2.49. The molecule has 6 heteroatoms. The Balaban J connectivity index is 1.42. The molecule has 0 spiro atoms. The Hall–Kier alpha value is -3.02. The van der Waals surface area contributed by atoms with E-state index in [-0.39, 0.29) is 17.9 Å². The molecule has 1 heterocycles. The average Bonchev–Trinajstić information content (AvgIpc) is 2.80. The van der Waals surface area contributed by atoms with Gasteiger partial charge in [-0.25, -0.2) is 0 Å². The van der Waals surface area contributed by atoms with Crippen molar-refractivity contribution < 1.29 is 19.1 Å². The van der Waals surface area contributed by atoms with Crippen LogP contribution < -0.4 is 14.8 Å². The van der Waals surface area contributed by atoms with Crippen molar-refractivity contribution in [1.82, 2.24) is 10.2 Å². The molecule has 3 rings (SSSR count).